The van der Waals surface area contributed by atoms with Gasteiger partial charge in [-0.2, -0.15) is 0 Å². The molecule has 3 rings (SSSR count). The Morgan fingerprint density at radius 3 is 2.68 bits per heavy atom. The minimum atomic E-state index is -0.514. The summed E-state index contributed by atoms with van der Waals surface area (Å²) in [6.07, 6.45) is 3.29. The number of aromatic nitrogens is 2. The van der Waals surface area contributed by atoms with E-state index >= 15 is 0 Å². The second-order valence-corrected chi connectivity index (χ2v) is 7.93. The minimum Gasteiger partial charge on any atom is -0.452 e. The van der Waals surface area contributed by atoms with Crippen molar-refractivity contribution in [1.82, 2.24) is 15.0 Å². The van der Waals surface area contributed by atoms with E-state index in [-0.39, 0.29) is 18.6 Å². The number of nitrogens with zero attached hydrogens (tertiary/aromatic N) is 2. The molecule has 1 amide bonds. The molecule has 28 heavy (non-hydrogen) atoms. The van der Waals surface area contributed by atoms with E-state index in [4.69, 9.17) is 9.26 Å². The second kappa shape index (κ2) is 8.20. The smallest absolute Gasteiger partial charge is 0.340 e. The number of hydrogen-bond donors (Lipinski definition) is 1. The molecule has 7 heteroatoms. The monoisotopic (exact) mass is 387 g/mol. The van der Waals surface area contributed by atoms with E-state index in [0.717, 1.165) is 18.5 Å². The molecule has 0 radical (unpaired) electrons. The standard InChI is InChI=1S/C21H29N3O4/c1-12-7-6-8-18(15(12)4)22-20(25)11-27-21(26)17-9-13(2)24(16(17)5)19-10-14(3)28-23-19/h9-10,12,15,18H,6-8,11H2,1-5H3,(H,22,25)/t12-,15+,18-/m1/s1. The molecule has 7 nitrogen and oxygen atoms in total. The summed E-state index contributed by atoms with van der Waals surface area (Å²) in [5.41, 5.74) is 1.96. The van der Waals surface area contributed by atoms with Crippen molar-refractivity contribution in [3.8, 4) is 5.82 Å². The van der Waals surface area contributed by atoms with E-state index in [1.165, 1.54) is 6.42 Å². The molecule has 0 spiro atoms. The van der Waals surface area contributed by atoms with E-state index in [9.17, 15) is 9.59 Å². The Hall–Kier alpha value is -2.57. The van der Waals surface area contributed by atoms with Crippen molar-refractivity contribution in [2.45, 2.75) is 59.9 Å². The van der Waals surface area contributed by atoms with Crippen LogP contribution in [0.1, 0.15) is 60.6 Å². The summed E-state index contributed by atoms with van der Waals surface area (Å²) in [5.74, 6) is 1.56. The normalized spacial score (nSPS) is 22.1. The highest BCUT2D eigenvalue weighted by Gasteiger charge is 2.28. The Balaban J connectivity index is 1.61. The van der Waals surface area contributed by atoms with Crippen molar-refractivity contribution in [3.63, 3.8) is 0 Å². The molecular weight excluding hydrogens is 358 g/mol. The summed E-state index contributed by atoms with van der Waals surface area (Å²) >= 11 is 0. The lowest BCUT2D eigenvalue weighted by Crippen LogP contribution is -2.45. The van der Waals surface area contributed by atoms with E-state index in [1.807, 2.05) is 25.3 Å². The maximum atomic E-state index is 12.5. The topological polar surface area (TPSA) is 86.4 Å². The lowest BCUT2D eigenvalue weighted by molar-refractivity contribution is -0.125. The molecule has 152 valence electrons. The molecule has 1 aliphatic rings. The van der Waals surface area contributed by atoms with Gasteiger partial charge in [0.15, 0.2) is 12.4 Å². The zero-order valence-electron chi connectivity index (χ0n) is 17.2. The van der Waals surface area contributed by atoms with Crippen LogP contribution < -0.4 is 5.32 Å². The number of ether oxygens (including phenoxy) is 1. The highest BCUT2D eigenvalue weighted by molar-refractivity contribution is 5.93. The lowest BCUT2D eigenvalue weighted by Gasteiger charge is -2.34. The van der Waals surface area contributed by atoms with Crippen molar-refractivity contribution in [2.24, 2.45) is 11.8 Å². The summed E-state index contributed by atoms with van der Waals surface area (Å²) in [4.78, 5) is 24.8. The van der Waals surface area contributed by atoms with Crippen LogP contribution >= 0.6 is 0 Å². The van der Waals surface area contributed by atoms with Crippen molar-refractivity contribution < 1.29 is 18.8 Å². The first-order valence-electron chi connectivity index (χ1n) is 9.87. The van der Waals surface area contributed by atoms with Crippen LogP contribution in [0.15, 0.2) is 16.7 Å². The number of nitrogens with one attached hydrogen (secondary N) is 1. The zero-order valence-corrected chi connectivity index (χ0v) is 17.2. The molecule has 2 aromatic heterocycles. The Labute approximate surface area is 165 Å². The van der Waals surface area contributed by atoms with Gasteiger partial charge in [-0.05, 0) is 45.1 Å². The first-order valence-corrected chi connectivity index (χ1v) is 9.87. The van der Waals surface area contributed by atoms with Crippen LogP contribution in [0.3, 0.4) is 0 Å². The molecule has 1 fully saturated rings. The van der Waals surface area contributed by atoms with Crippen molar-refractivity contribution in [2.75, 3.05) is 6.61 Å². The lowest BCUT2D eigenvalue weighted by atomic mass is 9.78. The molecular formula is C21H29N3O4. The summed E-state index contributed by atoms with van der Waals surface area (Å²) in [6.45, 7) is 9.62. The molecule has 0 unspecified atom stereocenters. The second-order valence-electron chi connectivity index (χ2n) is 7.93. The van der Waals surface area contributed by atoms with Gasteiger partial charge in [-0.3, -0.25) is 9.36 Å². The molecule has 0 aromatic carbocycles. The SMILES string of the molecule is Cc1cc(-n2c(C)cc(C(=O)OCC(=O)N[C@@H]3CCC[C@@H](C)[C@@H]3C)c2C)no1. The van der Waals surface area contributed by atoms with E-state index in [1.54, 1.807) is 12.1 Å². The van der Waals surface area contributed by atoms with E-state index in [0.29, 0.717) is 34.7 Å². The van der Waals surface area contributed by atoms with Gasteiger partial charge in [-0.1, -0.05) is 31.8 Å². The van der Waals surface area contributed by atoms with Gasteiger partial charge in [0.25, 0.3) is 5.91 Å². The summed E-state index contributed by atoms with van der Waals surface area (Å²) in [5, 5.41) is 7.03. The average molecular weight is 387 g/mol. The van der Waals surface area contributed by atoms with Crippen molar-refractivity contribution in [3.05, 3.63) is 34.8 Å². The third-order valence-corrected chi connectivity index (χ3v) is 5.88. The minimum absolute atomic E-state index is 0.149. The van der Waals surface area contributed by atoms with Gasteiger partial charge in [0, 0.05) is 23.5 Å². The maximum Gasteiger partial charge on any atom is 0.340 e. The molecule has 0 aliphatic heterocycles. The average Bonchev–Trinajstić information content (AvgIpc) is 3.19. The van der Waals surface area contributed by atoms with Crippen LogP contribution in [-0.2, 0) is 9.53 Å². The van der Waals surface area contributed by atoms with Gasteiger partial charge in [0.1, 0.15) is 5.76 Å². The largest absolute Gasteiger partial charge is 0.452 e. The molecule has 1 saturated carbocycles. The van der Waals surface area contributed by atoms with Crippen molar-refractivity contribution in [1.29, 1.82) is 0 Å². The van der Waals surface area contributed by atoms with Gasteiger partial charge in [-0.15, -0.1) is 0 Å². The van der Waals surface area contributed by atoms with E-state index < -0.39 is 5.97 Å². The first kappa shape index (κ1) is 20.2. The molecule has 0 bridgehead atoms. The predicted molar refractivity (Wildman–Crippen MR) is 104 cm³/mol. The number of esters is 1. The number of amides is 1. The highest BCUT2D eigenvalue weighted by atomic mass is 16.5. The number of carbonyl (C=O) groups excluding carboxylic acids is 2. The van der Waals surface area contributed by atoms with Crippen LogP contribution in [-0.4, -0.2) is 34.2 Å². The zero-order chi connectivity index (χ0) is 20.4. The fourth-order valence-electron chi connectivity index (χ4n) is 4.02. The van der Waals surface area contributed by atoms with E-state index in [2.05, 4.69) is 24.3 Å². The van der Waals surface area contributed by atoms with Crippen LogP contribution in [0.25, 0.3) is 5.82 Å². The molecule has 0 saturated heterocycles. The quantitative estimate of drug-likeness (QED) is 0.794. The number of rotatable bonds is 5. The van der Waals surface area contributed by atoms with Crippen LogP contribution in [0, 0.1) is 32.6 Å². The fourth-order valence-corrected chi connectivity index (χ4v) is 4.02. The summed E-state index contributed by atoms with van der Waals surface area (Å²) in [7, 11) is 0. The summed E-state index contributed by atoms with van der Waals surface area (Å²) < 4.78 is 12.2. The van der Waals surface area contributed by atoms with Crippen LogP contribution in [0.2, 0.25) is 0 Å². The van der Waals surface area contributed by atoms with Crippen LogP contribution in [0.5, 0.6) is 0 Å². The van der Waals surface area contributed by atoms with Gasteiger partial charge >= 0.3 is 5.97 Å². The Morgan fingerprint density at radius 2 is 2.00 bits per heavy atom. The number of carbonyl (C=O) groups is 2. The first-order chi connectivity index (χ1) is 13.3. The Morgan fingerprint density at radius 1 is 1.25 bits per heavy atom. The highest BCUT2D eigenvalue weighted by Crippen LogP contribution is 2.29. The molecule has 2 heterocycles. The van der Waals surface area contributed by atoms with Gasteiger partial charge < -0.3 is 14.6 Å². The summed E-state index contributed by atoms with van der Waals surface area (Å²) in [6, 6.07) is 3.69. The number of aryl methyl sites for hydroxylation is 2. The Bertz CT molecular complexity index is 867. The fraction of sp³-hybridized carbons (Fsp3) is 0.571. The molecule has 3 atom stereocenters. The molecule has 2 aromatic rings. The molecule has 1 aliphatic carbocycles. The number of hydrogen-bond acceptors (Lipinski definition) is 5. The predicted octanol–water partition coefficient (Wildman–Crippen LogP) is 3.49. The van der Waals surface area contributed by atoms with Crippen molar-refractivity contribution >= 4 is 11.9 Å². The Kier molecular flexibility index (Phi) is 5.91. The third-order valence-electron chi connectivity index (χ3n) is 5.88. The van der Waals surface area contributed by atoms with Gasteiger partial charge in [0.2, 0.25) is 0 Å². The van der Waals surface area contributed by atoms with Gasteiger partial charge in [-0.25, -0.2) is 4.79 Å². The van der Waals surface area contributed by atoms with Crippen LogP contribution in [0.4, 0.5) is 0 Å². The maximum absolute atomic E-state index is 12.5. The third kappa shape index (κ3) is 4.13. The van der Waals surface area contributed by atoms with Gasteiger partial charge in [0.05, 0.1) is 5.56 Å². The molecule has 1 N–H and O–H groups in total.